The van der Waals surface area contributed by atoms with Crippen LogP contribution < -0.4 is 0 Å². The van der Waals surface area contributed by atoms with Crippen molar-refractivity contribution in [3.63, 3.8) is 0 Å². The molecule has 0 unspecified atom stereocenters. The van der Waals surface area contributed by atoms with Gasteiger partial charge in [-0.3, -0.25) is 9.59 Å². The van der Waals surface area contributed by atoms with Gasteiger partial charge in [-0.25, -0.2) is 0 Å². The molecular formula is C14H22O4. The number of hydrogen-bond donors (Lipinski definition) is 0. The van der Waals surface area contributed by atoms with Crippen molar-refractivity contribution in [1.29, 1.82) is 0 Å². The van der Waals surface area contributed by atoms with Gasteiger partial charge in [0, 0.05) is 13.8 Å². The monoisotopic (exact) mass is 254 g/mol. The second-order valence-electron chi connectivity index (χ2n) is 4.22. The van der Waals surface area contributed by atoms with Crippen LogP contribution in [0.4, 0.5) is 0 Å². The molecule has 0 spiro atoms. The SMILES string of the molecule is CC(=O)OC/C=C(/C)CC/C=C(\C)COC(C)=O. The normalized spacial score (nSPS) is 12.2. The van der Waals surface area contributed by atoms with Gasteiger partial charge in [-0.1, -0.05) is 11.6 Å². The Morgan fingerprint density at radius 3 is 2.06 bits per heavy atom. The van der Waals surface area contributed by atoms with E-state index >= 15 is 0 Å². The smallest absolute Gasteiger partial charge is 0.302 e. The number of carbonyl (C=O) groups excluding carboxylic acids is 2. The standard InChI is InChI=1S/C14H22O4/c1-11(8-9-17-13(3)15)6-5-7-12(2)10-18-14(4)16/h7-8H,5-6,9-10H2,1-4H3/b11-8-,12-7+. The Kier molecular flexibility index (Phi) is 8.62. The number of ether oxygens (including phenoxy) is 2. The van der Waals surface area contributed by atoms with Gasteiger partial charge in [0.25, 0.3) is 0 Å². The van der Waals surface area contributed by atoms with Crippen LogP contribution in [0.5, 0.6) is 0 Å². The molecule has 0 saturated heterocycles. The number of hydrogen-bond acceptors (Lipinski definition) is 4. The molecule has 0 aromatic rings. The second kappa shape index (κ2) is 9.45. The Morgan fingerprint density at radius 1 is 0.889 bits per heavy atom. The van der Waals surface area contributed by atoms with Crippen molar-refractivity contribution in [2.45, 2.75) is 40.5 Å². The van der Waals surface area contributed by atoms with Crippen molar-refractivity contribution in [3.8, 4) is 0 Å². The van der Waals surface area contributed by atoms with E-state index in [9.17, 15) is 9.59 Å². The van der Waals surface area contributed by atoms with Crippen LogP contribution in [0.1, 0.15) is 40.5 Å². The lowest BCUT2D eigenvalue weighted by molar-refractivity contribution is -0.140. The summed E-state index contributed by atoms with van der Waals surface area (Å²) in [5.41, 5.74) is 2.21. The Morgan fingerprint density at radius 2 is 1.50 bits per heavy atom. The van der Waals surface area contributed by atoms with Crippen LogP contribution in [-0.4, -0.2) is 25.2 Å². The maximum atomic E-state index is 10.6. The maximum absolute atomic E-state index is 10.6. The molecule has 102 valence electrons. The molecular weight excluding hydrogens is 232 g/mol. The van der Waals surface area contributed by atoms with Crippen molar-refractivity contribution in [2.24, 2.45) is 0 Å². The van der Waals surface area contributed by atoms with Crippen LogP contribution in [0.25, 0.3) is 0 Å². The zero-order valence-electron chi connectivity index (χ0n) is 11.6. The summed E-state index contributed by atoms with van der Waals surface area (Å²) in [5, 5.41) is 0. The summed E-state index contributed by atoms with van der Waals surface area (Å²) in [6.07, 6.45) is 5.73. The molecule has 4 heteroatoms. The predicted molar refractivity (Wildman–Crippen MR) is 70.0 cm³/mol. The average molecular weight is 254 g/mol. The summed E-state index contributed by atoms with van der Waals surface area (Å²) in [6.45, 7) is 7.40. The third-order valence-electron chi connectivity index (χ3n) is 2.25. The Balaban J connectivity index is 3.83. The molecule has 0 saturated carbocycles. The zero-order valence-corrected chi connectivity index (χ0v) is 11.6. The lowest BCUT2D eigenvalue weighted by atomic mass is 10.1. The quantitative estimate of drug-likeness (QED) is 0.518. The largest absolute Gasteiger partial charge is 0.462 e. The van der Waals surface area contributed by atoms with Crippen LogP contribution in [0.2, 0.25) is 0 Å². The van der Waals surface area contributed by atoms with Gasteiger partial charge in [0.15, 0.2) is 0 Å². The lowest BCUT2D eigenvalue weighted by Crippen LogP contribution is -2.01. The molecule has 0 radical (unpaired) electrons. The van der Waals surface area contributed by atoms with Gasteiger partial charge in [-0.05, 0) is 38.3 Å². The van der Waals surface area contributed by atoms with E-state index in [2.05, 4.69) is 0 Å². The lowest BCUT2D eigenvalue weighted by Gasteiger charge is -2.03. The zero-order chi connectivity index (χ0) is 14.0. The first-order chi connectivity index (χ1) is 8.41. The Bertz CT molecular complexity index is 340. The summed E-state index contributed by atoms with van der Waals surface area (Å²) in [6, 6.07) is 0. The fourth-order valence-corrected chi connectivity index (χ4v) is 1.22. The van der Waals surface area contributed by atoms with Gasteiger partial charge < -0.3 is 9.47 Å². The molecule has 0 atom stereocenters. The van der Waals surface area contributed by atoms with E-state index < -0.39 is 0 Å². The van der Waals surface area contributed by atoms with Gasteiger partial charge >= 0.3 is 11.9 Å². The maximum Gasteiger partial charge on any atom is 0.302 e. The Labute approximate surface area is 109 Å². The molecule has 0 aliphatic carbocycles. The van der Waals surface area contributed by atoms with E-state index in [1.165, 1.54) is 19.4 Å². The molecule has 0 amide bonds. The average Bonchev–Trinajstić information content (AvgIpc) is 2.25. The molecule has 0 heterocycles. The van der Waals surface area contributed by atoms with Crippen LogP contribution in [0.15, 0.2) is 23.3 Å². The van der Waals surface area contributed by atoms with Crippen molar-refractivity contribution in [1.82, 2.24) is 0 Å². The molecule has 0 N–H and O–H groups in total. The van der Waals surface area contributed by atoms with Gasteiger partial charge in [0.2, 0.25) is 0 Å². The van der Waals surface area contributed by atoms with Crippen molar-refractivity contribution in [2.75, 3.05) is 13.2 Å². The third kappa shape index (κ3) is 10.9. The summed E-state index contributed by atoms with van der Waals surface area (Å²) in [7, 11) is 0. The summed E-state index contributed by atoms with van der Waals surface area (Å²) in [4.78, 5) is 21.2. The summed E-state index contributed by atoms with van der Waals surface area (Å²) < 4.78 is 9.69. The summed E-state index contributed by atoms with van der Waals surface area (Å²) >= 11 is 0. The van der Waals surface area contributed by atoms with Crippen LogP contribution >= 0.6 is 0 Å². The molecule has 0 bridgehead atoms. The van der Waals surface area contributed by atoms with Crippen LogP contribution in [0, 0.1) is 0 Å². The topological polar surface area (TPSA) is 52.6 Å². The highest BCUT2D eigenvalue weighted by atomic mass is 16.5. The van der Waals surface area contributed by atoms with E-state index in [-0.39, 0.29) is 11.9 Å². The molecule has 18 heavy (non-hydrogen) atoms. The highest BCUT2D eigenvalue weighted by Gasteiger charge is 1.95. The van der Waals surface area contributed by atoms with E-state index in [4.69, 9.17) is 9.47 Å². The van der Waals surface area contributed by atoms with E-state index in [0.29, 0.717) is 13.2 Å². The second-order valence-corrected chi connectivity index (χ2v) is 4.22. The van der Waals surface area contributed by atoms with E-state index in [1.807, 2.05) is 26.0 Å². The van der Waals surface area contributed by atoms with E-state index in [1.54, 1.807) is 0 Å². The van der Waals surface area contributed by atoms with Gasteiger partial charge in [-0.15, -0.1) is 0 Å². The summed E-state index contributed by atoms with van der Waals surface area (Å²) in [5.74, 6) is -0.531. The van der Waals surface area contributed by atoms with Crippen LogP contribution in [-0.2, 0) is 19.1 Å². The number of esters is 2. The third-order valence-corrected chi connectivity index (χ3v) is 2.25. The molecule has 0 aliphatic heterocycles. The minimum Gasteiger partial charge on any atom is -0.462 e. The van der Waals surface area contributed by atoms with Crippen molar-refractivity contribution >= 4 is 11.9 Å². The molecule has 0 aromatic carbocycles. The molecule has 4 nitrogen and oxygen atoms in total. The van der Waals surface area contributed by atoms with Crippen LogP contribution in [0.3, 0.4) is 0 Å². The van der Waals surface area contributed by atoms with Crippen molar-refractivity contribution in [3.05, 3.63) is 23.3 Å². The van der Waals surface area contributed by atoms with Gasteiger partial charge in [0.05, 0.1) is 0 Å². The minimum atomic E-state index is -0.267. The van der Waals surface area contributed by atoms with E-state index in [0.717, 1.165) is 18.4 Å². The first-order valence-electron chi connectivity index (χ1n) is 5.99. The molecule has 0 aromatic heterocycles. The predicted octanol–water partition coefficient (Wildman–Crippen LogP) is 2.79. The number of carbonyl (C=O) groups is 2. The molecule has 0 rings (SSSR count). The number of rotatable bonds is 7. The molecule has 0 aliphatic rings. The first-order valence-corrected chi connectivity index (χ1v) is 5.99. The highest BCUT2D eigenvalue weighted by molar-refractivity contribution is 5.66. The number of allylic oxidation sites excluding steroid dienone is 2. The fraction of sp³-hybridized carbons (Fsp3) is 0.571. The fourth-order valence-electron chi connectivity index (χ4n) is 1.22. The Hall–Kier alpha value is -1.58. The van der Waals surface area contributed by atoms with Gasteiger partial charge in [-0.2, -0.15) is 0 Å². The highest BCUT2D eigenvalue weighted by Crippen LogP contribution is 2.07. The first kappa shape index (κ1) is 16.4. The minimum absolute atomic E-state index is 0.264. The molecule has 0 fully saturated rings. The van der Waals surface area contributed by atoms with Gasteiger partial charge in [0.1, 0.15) is 13.2 Å². The van der Waals surface area contributed by atoms with Crippen molar-refractivity contribution < 1.29 is 19.1 Å².